The van der Waals surface area contributed by atoms with Gasteiger partial charge in [0.15, 0.2) is 4.34 Å². The Morgan fingerprint density at radius 2 is 1.89 bits per heavy atom. The Labute approximate surface area is 174 Å². The number of urea groups is 1. The number of aromatic nitrogens is 1. The van der Waals surface area contributed by atoms with E-state index in [0.717, 1.165) is 20.6 Å². The minimum Gasteiger partial charge on any atom is -0.354 e. The van der Waals surface area contributed by atoms with Crippen molar-refractivity contribution in [3.63, 3.8) is 0 Å². The summed E-state index contributed by atoms with van der Waals surface area (Å²) in [6, 6.07) is 7.82. The molecule has 28 heavy (non-hydrogen) atoms. The van der Waals surface area contributed by atoms with Crippen LogP contribution < -0.4 is 10.6 Å². The molecule has 3 rings (SSSR count). The lowest BCUT2D eigenvalue weighted by Crippen LogP contribution is -2.45. The fourth-order valence-electron chi connectivity index (χ4n) is 3.04. The summed E-state index contributed by atoms with van der Waals surface area (Å²) in [6.45, 7) is 7.10. The average Bonchev–Trinajstić information content (AvgIpc) is 3.07. The molecule has 0 saturated carbocycles. The van der Waals surface area contributed by atoms with E-state index in [4.69, 9.17) is 0 Å². The number of anilines is 1. The summed E-state index contributed by atoms with van der Waals surface area (Å²) < 4.78 is 1.01. The van der Waals surface area contributed by atoms with Crippen molar-refractivity contribution in [2.45, 2.75) is 48.9 Å². The van der Waals surface area contributed by atoms with Gasteiger partial charge < -0.3 is 15.5 Å². The molecule has 2 N–H and O–H groups in total. The molecule has 0 bridgehead atoms. The van der Waals surface area contributed by atoms with Crippen LogP contribution in [0.1, 0.15) is 32.4 Å². The second-order valence-corrected chi connectivity index (χ2v) is 9.41. The van der Waals surface area contributed by atoms with Crippen molar-refractivity contribution in [2.24, 2.45) is 5.92 Å². The molecule has 1 fully saturated rings. The van der Waals surface area contributed by atoms with Crippen LogP contribution in [0.5, 0.6) is 0 Å². The van der Waals surface area contributed by atoms with Crippen LogP contribution >= 0.6 is 23.1 Å². The standard InChI is InChI=1S/C20H26N4O2S2/c1-13(2)21-18(25)15-8-10-24(11-9-15)19(26)23-16-4-6-17(7-5-16)28-20-22-14(3)12-27-20/h4-7,12-13,15H,8-11H2,1-3H3,(H,21,25)(H,23,26). The molecule has 2 heterocycles. The van der Waals surface area contributed by atoms with Gasteiger partial charge in [0, 0.05) is 46.7 Å². The zero-order chi connectivity index (χ0) is 20.1. The predicted molar refractivity (Wildman–Crippen MR) is 114 cm³/mol. The highest BCUT2D eigenvalue weighted by molar-refractivity contribution is 8.01. The Hall–Kier alpha value is -2.06. The smallest absolute Gasteiger partial charge is 0.321 e. The number of piperidine rings is 1. The highest BCUT2D eigenvalue weighted by Gasteiger charge is 2.27. The molecule has 0 spiro atoms. The molecule has 0 unspecified atom stereocenters. The first-order valence-electron chi connectivity index (χ1n) is 9.47. The second kappa shape index (κ2) is 9.43. The third-order valence-electron chi connectivity index (χ3n) is 4.49. The Kier molecular flexibility index (Phi) is 6.96. The summed E-state index contributed by atoms with van der Waals surface area (Å²) >= 11 is 3.25. The van der Waals surface area contributed by atoms with E-state index in [0.29, 0.717) is 25.9 Å². The summed E-state index contributed by atoms with van der Waals surface area (Å²) in [6.07, 6.45) is 1.41. The van der Waals surface area contributed by atoms with Gasteiger partial charge >= 0.3 is 6.03 Å². The van der Waals surface area contributed by atoms with E-state index >= 15 is 0 Å². The van der Waals surface area contributed by atoms with Crippen molar-refractivity contribution in [3.05, 3.63) is 35.3 Å². The molecule has 6 nitrogen and oxygen atoms in total. The lowest BCUT2D eigenvalue weighted by molar-refractivity contribution is -0.126. The van der Waals surface area contributed by atoms with Gasteiger partial charge in [0.25, 0.3) is 0 Å². The summed E-state index contributed by atoms with van der Waals surface area (Å²) in [4.78, 5) is 31.9. The quantitative estimate of drug-likeness (QED) is 0.756. The Balaban J connectivity index is 1.48. The van der Waals surface area contributed by atoms with Crippen molar-refractivity contribution >= 4 is 40.7 Å². The zero-order valence-corrected chi connectivity index (χ0v) is 18.0. The number of hydrogen-bond donors (Lipinski definition) is 2. The maximum atomic E-state index is 12.5. The molecule has 1 aromatic carbocycles. The summed E-state index contributed by atoms with van der Waals surface area (Å²) in [5.74, 6) is 0.0934. The number of carbonyl (C=O) groups is 2. The number of carbonyl (C=O) groups excluding carboxylic acids is 2. The highest BCUT2D eigenvalue weighted by atomic mass is 32.2. The van der Waals surface area contributed by atoms with Crippen LogP contribution in [0.15, 0.2) is 38.9 Å². The molecular formula is C20H26N4O2S2. The SMILES string of the molecule is Cc1csc(Sc2ccc(NC(=O)N3CCC(C(=O)NC(C)C)CC3)cc2)n1. The number of nitrogens with one attached hydrogen (secondary N) is 2. The monoisotopic (exact) mass is 418 g/mol. The molecular weight excluding hydrogens is 392 g/mol. The van der Waals surface area contributed by atoms with Gasteiger partial charge in [0.2, 0.25) is 5.91 Å². The number of thiazole rings is 1. The largest absolute Gasteiger partial charge is 0.354 e. The van der Waals surface area contributed by atoms with E-state index < -0.39 is 0 Å². The van der Waals surface area contributed by atoms with Gasteiger partial charge in [-0.3, -0.25) is 4.79 Å². The fraction of sp³-hybridized carbons (Fsp3) is 0.450. The predicted octanol–water partition coefficient (Wildman–Crippen LogP) is 4.37. The number of benzene rings is 1. The van der Waals surface area contributed by atoms with Gasteiger partial charge in [-0.2, -0.15) is 0 Å². The first-order chi connectivity index (χ1) is 13.4. The number of rotatable bonds is 5. The van der Waals surface area contributed by atoms with Crippen LogP contribution in [0.4, 0.5) is 10.5 Å². The number of aryl methyl sites for hydroxylation is 1. The normalized spacial score (nSPS) is 14.9. The van der Waals surface area contributed by atoms with Crippen molar-refractivity contribution in [1.29, 1.82) is 0 Å². The number of likely N-dealkylation sites (tertiary alicyclic amines) is 1. The van der Waals surface area contributed by atoms with Crippen LogP contribution in [0, 0.1) is 12.8 Å². The highest BCUT2D eigenvalue weighted by Crippen LogP contribution is 2.31. The molecule has 0 atom stereocenters. The van der Waals surface area contributed by atoms with Crippen molar-refractivity contribution in [2.75, 3.05) is 18.4 Å². The third kappa shape index (κ3) is 5.72. The first kappa shape index (κ1) is 20.7. The van der Waals surface area contributed by atoms with Gasteiger partial charge in [-0.25, -0.2) is 9.78 Å². The van der Waals surface area contributed by atoms with E-state index in [1.54, 1.807) is 28.0 Å². The van der Waals surface area contributed by atoms with Crippen LogP contribution in [0.3, 0.4) is 0 Å². The number of nitrogens with zero attached hydrogens (tertiary/aromatic N) is 2. The van der Waals surface area contributed by atoms with Crippen molar-refractivity contribution in [3.8, 4) is 0 Å². The average molecular weight is 419 g/mol. The molecule has 1 aromatic heterocycles. The topological polar surface area (TPSA) is 74.3 Å². The lowest BCUT2D eigenvalue weighted by Gasteiger charge is -2.31. The third-order valence-corrected chi connectivity index (χ3v) is 6.56. The molecule has 1 saturated heterocycles. The molecule has 1 aliphatic heterocycles. The van der Waals surface area contributed by atoms with Crippen LogP contribution in [-0.2, 0) is 4.79 Å². The van der Waals surface area contributed by atoms with E-state index in [-0.39, 0.29) is 23.9 Å². The van der Waals surface area contributed by atoms with Crippen LogP contribution in [0.25, 0.3) is 0 Å². The molecule has 0 aliphatic carbocycles. The molecule has 0 radical (unpaired) electrons. The summed E-state index contributed by atoms with van der Waals surface area (Å²) in [5.41, 5.74) is 1.80. The van der Waals surface area contributed by atoms with E-state index in [9.17, 15) is 9.59 Å². The Morgan fingerprint density at radius 1 is 1.21 bits per heavy atom. The van der Waals surface area contributed by atoms with Gasteiger partial charge in [0.05, 0.1) is 0 Å². The molecule has 1 aliphatic rings. The van der Waals surface area contributed by atoms with Crippen LogP contribution in [0.2, 0.25) is 0 Å². The van der Waals surface area contributed by atoms with Gasteiger partial charge in [-0.15, -0.1) is 11.3 Å². The maximum Gasteiger partial charge on any atom is 0.321 e. The maximum absolute atomic E-state index is 12.5. The second-order valence-electron chi connectivity index (χ2n) is 7.24. The molecule has 3 amide bonds. The first-order valence-corrected chi connectivity index (χ1v) is 11.2. The van der Waals surface area contributed by atoms with E-state index in [1.807, 2.05) is 50.4 Å². The van der Waals surface area contributed by atoms with Crippen molar-refractivity contribution in [1.82, 2.24) is 15.2 Å². The Morgan fingerprint density at radius 3 is 2.46 bits per heavy atom. The molecule has 8 heteroatoms. The van der Waals surface area contributed by atoms with Gasteiger partial charge in [-0.05, 0) is 57.9 Å². The Bertz CT molecular complexity index is 812. The minimum atomic E-state index is -0.112. The van der Waals surface area contributed by atoms with Gasteiger partial charge in [0.1, 0.15) is 0 Å². The summed E-state index contributed by atoms with van der Waals surface area (Å²) in [5, 5.41) is 7.94. The lowest BCUT2D eigenvalue weighted by atomic mass is 9.96. The zero-order valence-electron chi connectivity index (χ0n) is 16.4. The summed E-state index contributed by atoms with van der Waals surface area (Å²) in [7, 11) is 0. The van der Waals surface area contributed by atoms with Crippen LogP contribution in [-0.4, -0.2) is 41.0 Å². The molecule has 2 aromatic rings. The molecule has 150 valence electrons. The number of hydrogen-bond acceptors (Lipinski definition) is 5. The van der Waals surface area contributed by atoms with Crippen molar-refractivity contribution < 1.29 is 9.59 Å². The number of amides is 3. The van der Waals surface area contributed by atoms with E-state index in [1.165, 1.54) is 0 Å². The van der Waals surface area contributed by atoms with E-state index in [2.05, 4.69) is 15.6 Å². The fourth-order valence-corrected chi connectivity index (χ4v) is 4.85. The van der Waals surface area contributed by atoms with Gasteiger partial charge in [-0.1, -0.05) is 11.8 Å². The minimum absolute atomic E-state index is 0.00254.